The van der Waals surface area contributed by atoms with Crippen molar-refractivity contribution in [2.24, 2.45) is 7.05 Å². The summed E-state index contributed by atoms with van der Waals surface area (Å²) in [6.07, 6.45) is 2.09. The van der Waals surface area contributed by atoms with Gasteiger partial charge in [0, 0.05) is 24.1 Å². The Morgan fingerprint density at radius 1 is 1.50 bits per heavy atom. The Bertz CT molecular complexity index is 642. The van der Waals surface area contributed by atoms with E-state index >= 15 is 0 Å². The molecule has 24 heavy (non-hydrogen) atoms. The SMILES string of the molecule is Cl.Cn1nc(C2CCNCC2)nc1NC(=O)CSCc1cscn1. The van der Waals surface area contributed by atoms with Gasteiger partial charge >= 0.3 is 0 Å². The molecule has 1 saturated heterocycles. The number of piperidine rings is 1. The number of hydrogen-bond acceptors (Lipinski definition) is 7. The van der Waals surface area contributed by atoms with Crippen LogP contribution in [0.1, 0.15) is 30.3 Å². The fourth-order valence-corrected chi connectivity index (χ4v) is 3.87. The number of nitrogens with zero attached hydrogens (tertiary/aromatic N) is 4. The molecule has 0 aliphatic carbocycles. The van der Waals surface area contributed by atoms with Crippen molar-refractivity contribution in [3.05, 3.63) is 22.4 Å². The first kappa shape index (κ1) is 19.2. The Morgan fingerprint density at radius 3 is 3.00 bits per heavy atom. The third-order valence-electron chi connectivity index (χ3n) is 3.70. The number of thiazole rings is 1. The second-order valence-corrected chi connectivity index (χ2v) is 7.17. The summed E-state index contributed by atoms with van der Waals surface area (Å²) in [4.78, 5) is 20.7. The lowest BCUT2D eigenvalue weighted by Gasteiger charge is -2.19. The van der Waals surface area contributed by atoms with Crippen LogP contribution in [0, 0.1) is 0 Å². The highest BCUT2D eigenvalue weighted by Gasteiger charge is 2.21. The molecule has 10 heteroatoms. The predicted molar refractivity (Wildman–Crippen MR) is 100 cm³/mol. The zero-order chi connectivity index (χ0) is 16.1. The zero-order valence-corrected chi connectivity index (χ0v) is 15.8. The zero-order valence-electron chi connectivity index (χ0n) is 13.4. The topological polar surface area (TPSA) is 84.7 Å². The van der Waals surface area contributed by atoms with E-state index in [4.69, 9.17) is 0 Å². The van der Waals surface area contributed by atoms with Gasteiger partial charge in [0.15, 0.2) is 5.82 Å². The maximum Gasteiger partial charge on any atom is 0.236 e. The summed E-state index contributed by atoms with van der Waals surface area (Å²) in [5.74, 6) is 2.81. The minimum Gasteiger partial charge on any atom is -0.317 e. The van der Waals surface area contributed by atoms with Crippen LogP contribution in [0.15, 0.2) is 10.9 Å². The van der Waals surface area contributed by atoms with Crippen LogP contribution in [0.5, 0.6) is 0 Å². The van der Waals surface area contributed by atoms with Crippen molar-refractivity contribution >= 4 is 47.4 Å². The van der Waals surface area contributed by atoms with Gasteiger partial charge in [-0.05, 0) is 25.9 Å². The van der Waals surface area contributed by atoms with Gasteiger partial charge in [0.2, 0.25) is 11.9 Å². The largest absolute Gasteiger partial charge is 0.317 e. The number of halogens is 1. The minimum absolute atomic E-state index is 0. The van der Waals surface area contributed by atoms with Crippen LogP contribution in [0.2, 0.25) is 0 Å². The van der Waals surface area contributed by atoms with Gasteiger partial charge in [0.05, 0.1) is 17.0 Å². The minimum atomic E-state index is -0.0578. The van der Waals surface area contributed by atoms with Crippen LogP contribution >= 0.6 is 35.5 Å². The first-order chi connectivity index (χ1) is 11.2. The maximum atomic E-state index is 12.0. The molecule has 3 rings (SSSR count). The first-order valence-electron chi connectivity index (χ1n) is 7.58. The highest BCUT2D eigenvalue weighted by Crippen LogP contribution is 2.23. The molecular formula is C14H21ClN6OS2. The van der Waals surface area contributed by atoms with Gasteiger partial charge in [-0.1, -0.05) is 0 Å². The van der Waals surface area contributed by atoms with Crippen LogP contribution in [0.4, 0.5) is 5.95 Å². The van der Waals surface area contributed by atoms with Crippen LogP contribution in [0.3, 0.4) is 0 Å². The number of anilines is 1. The van der Waals surface area contributed by atoms with Crippen molar-refractivity contribution in [2.75, 3.05) is 24.2 Å². The summed E-state index contributed by atoms with van der Waals surface area (Å²) >= 11 is 3.11. The smallest absolute Gasteiger partial charge is 0.236 e. The average molecular weight is 389 g/mol. The Kier molecular flexibility index (Phi) is 7.47. The summed E-state index contributed by atoms with van der Waals surface area (Å²) in [6, 6.07) is 0. The second kappa shape index (κ2) is 9.36. The van der Waals surface area contributed by atoms with Gasteiger partial charge in [-0.25, -0.2) is 9.67 Å². The molecule has 0 atom stereocenters. The molecule has 0 saturated carbocycles. The maximum absolute atomic E-state index is 12.0. The normalized spacial score (nSPS) is 15.0. The van der Waals surface area contributed by atoms with E-state index < -0.39 is 0 Å². The second-order valence-electron chi connectivity index (χ2n) is 5.46. The molecule has 2 aromatic heterocycles. The van der Waals surface area contributed by atoms with Gasteiger partial charge in [-0.15, -0.1) is 35.5 Å². The number of aryl methyl sites for hydroxylation is 1. The van der Waals surface area contributed by atoms with Gasteiger partial charge in [0.25, 0.3) is 0 Å². The fraction of sp³-hybridized carbons (Fsp3) is 0.571. The van der Waals surface area contributed by atoms with Crippen molar-refractivity contribution < 1.29 is 4.79 Å². The summed E-state index contributed by atoms with van der Waals surface area (Å²) in [5.41, 5.74) is 2.82. The summed E-state index contributed by atoms with van der Waals surface area (Å²) in [5, 5.41) is 12.6. The number of amides is 1. The number of aromatic nitrogens is 4. The molecule has 1 amide bonds. The Labute approximate surface area is 155 Å². The van der Waals surface area contributed by atoms with E-state index in [0.29, 0.717) is 17.6 Å². The molecule has 0 bridgehead atoms. The highest BCUT2D eigenvalue weighted by atomic mass is 35.5. The van der Waals surface area contributed by atoms with E-state index in [1.807, 2.05) is 12.4 Å². The molecule has 2 N–H and O–H groups in total. The molecule has 1 aliphatic heterocycles. The van der Waals surface area contributed by atoms with E-state index in [1.54, 1.807) is 33.3 Å². The van der Waals surface area contributed by atoms with Crippen molar-refractivity contribution in [1.82, 2.24) is 25.1 Å². The van der Waals surface area contributed by atoms with Crippen LogP contribution in [-0.4, -0.2) is 44.5 Å². The van der Waals surface area contributed by atoms with Crippen molar-refractivity contribution in [1.29, 1.82) is 0 Å². The monoisotopic (exact) mass is 388 g/mol. The molecule has 0 spiro atoms. The predicted octanol–water partition coefficient (Wildman–Crippen LogP) is 2.03. The van der Waals surface area contributed by atoms with E-state index in [-0.39, 0.29) is 18.3 Å². The van der Waals surface area contributed by atoms with Gasteiger partial charge in [-0.3, -0.25) is 10.1 Å². The molecule has 132 valence electrons. The van der Waals surface area contributed by atoms with E-state index in [9.17, 15) is 4.79 Å². The molecule has 2 aromatic rings. The van der Waals surface area contributed by atoms with Gasteiger partial charge < -0.3 is 5.32 Å². The number of thioether (sulfide) groups is 1. The molecule has 3 heterocycles. The van der Waals surface area contributed by atoms with Crippen molar-refractivity contribution in [2.45, 2.75) is 24.5 Å². The third kappa shape index (κ3) is 5.17. The molecule has 0 unspecified atom stereocenters. The Balaban J connectivity index is 0.00000208. The lowest BCUT2D eigenvalue weighted by Crippen LogP contribution is -2.27. The lowest BCUT2D eigenvalue weighted by molar-refractivity contribution is -0.113. The fourth-order valence-electron chi connectivity index (χ4n) is 2.48. The van der Waals surface area contributed by atoms with Gasteiger partial charge in [0.1, 0.15) is 0 Å². The lowest BCUT2D eigenvalue weighted by atomic mass is 9.98. The van der Waals surface area contributed by atoms with Crippen LogP contribution in [0.25, 0.3) is 0 Å². The van der Waals surface area contributed by atoms with Crippen molar-refractivity contribution in [3.8, 4) is 0 Å². The molecule has 0 aromatic carbocycles. The van der Waals surface area contributed by atoms with E-state index in [2.05, 4.69) is 25.7 Å². The average Bonchev–Trinajstić information content (AvgIpc) is 3.19. The summed E-state index contributed by atoms with van der Waals surface area (Å²) in [6.45, 7) is 2.00. The summed E-state index contributed by atoms with van der Waals surface area (Å²) < 4.78 is 1.65. The molecule has 7 nitrogen and oxygen atoms in total. The number of hydrogen-bond donors (Lipinski definition) is 2. The highest BCUT2D eigenvalue weighted by molar-refractivity contribution is 7.99. The number of carbonyl (C=O) groups excluding carboxylic acids is 1. The molecule has 0 radical (unpaired) electrons. The summed E-state index contributed by atoms with van der Waals surface area (Å²) in [7, 11) is 1.82. The van der Waals surface area contributed by atoms with E-state index in [0.717, 1.165) is 43.2 Å². The standard InChI is InChI=1S/C14H20N6OS2.ClH/c1-20-14(18-13(19-20)10-2-4-15-5-3-10)17-12(21)8-22-6-11-7-23-9-16-11;/h7,9-10,15H,2-6,8H2,1H3,(H,17,18,19,21);1H. The number of rotatable bonds is 6. The molecule has 1 fully saturated rings. The van der Waals surface area contributed by atoms with Crippen molar-refractivity contribution in [3.63, 3.8) is 0 Å². The van der Waals surface area contributed by atoms with Crippen LogP contribution < -0.4 is 10.6 Å². The van der Waals surface area contributed by atoms with Crippen LogP contribution in [-0.2, 0) is 17.6 Å². The Morgan fingerprint density at radius 2 is 2.29 bits per heavy atom. The third-order valence-corrected chi connectivity index (χ3v) is 5.30. The van der Waals surface area contributed by atoms with Gasteiger partial charge in [-0.2, -0.15) is 10.1 Å². The quantitative estimate of drug-likeness (QED) is 0.787. The Hall–Kier alpha value is -1.16. The first-order valence-corrected chi connectivity index (χ1v) is 9.68. The number of nitrogens with one attached hydrogen (secondary N) is 2. The van der Waals surface area contributed by atoms with E-state index in [1.165, 1.54) is 0 Å². The molecular weight excluding hydrogens is 368 g/mol. The number of carbonyl (C=O) groups is 1. The molecule has 1 aliphatic rings.